The third-order valence-electron chi connectivity index (χ3n) is 6.44. The summed E-state index contributed by atoms with van der Waals surface area (Å²) >= 11 is 0. The zero-order valence-corrected chi connectivity index (χ0v) is 18.8. The molecule has 34 heavy (non-hydrogen) atoms. The summed E-state index contributed by atoms with van der Waals surface area (Å²) in [6.45, 7) is 0. The van der Waals surface area contributed by atoms with Crippen molar-refractivity contribution in [3.05, 3.63) is 71.7 Å². The van der Waals surface area contributed by atoms with Crippen molar-refractivity contribution in [2.45, 2.75) is 38.0 Å². The van der Waals surface area contributed by atoms with E-state index in [0.29, 0.717) is 28.5 Å². The summed E-state index contributed by atoms with van der Waals surface area (Å²) in [5.41, 5.74) is 3.26. The van der Waals surface area contributed by atoms with E-state index in [1.807, 2.05) is 24.3 Å². The number of carbonyl (C=O) groups excluding carboxylic acids is 1. The summed E-state index contributed by atoms with van der Waals surface area (Å²) in [6, 6.07) is 12.4. The summed E-state index contributed by atoms with van der Waals surface area (Å²) in [5.74, 6) is -0.732. The predicted octanol–water partition coefficient (Wildman–Crippen LogP) is 5.23. The van der Waals surface area contributed by atoms with E-state index in [9.17, 15) is 15.0 Å². The van der Waals surface area contributed by atoms with Crippen LogP contribution in [0, 0.1) is 0 Å². The Morgan fingerprint density at radius 2 is 1.82 bits per heavy atom. The lowest BCUT2D eigenvalue weighted by Gasteiger charge is -2.24. The minimum absolute atomic E-state index is 0.0286. The summed E-state index contributed by atoms with van der Waals surface area (Å²) in [7, 11) is 1.50. The van der Waals surface area contributed by atoms with Crippen molar-refractivity contribution < 1.29 is 24.3 Å². The number of nitrogens with zero attached hydrogens (tertiary/aromatic N) is 3. The van der Waals surface area contributed by atoms with Gasteiger partial charge >= 0.3 is 0 Å². The molecule has 3 heterocycles. The van der Waals surface area contributed by atoms with Crippen molar-refractivity contribution in [1.29, 1.82) is 0 Å². The minimum Gasteiger partial charge on any atom is -0.503 e. The highest BCUT2D eigenvalue weighted by molar-refractivity contribution is 6.12. The van der Waals surface area contributed by atoms with E-state index in [1.165, 1.54) is 19.6 Å². The Kier molecular flexibility index (Phi) is 5.79. The molecule has 0 saturated heterocycles. The van der Waals surface area contributed by atoms with Crippen LogP contribution < -0.4 is 4.74 Å². The number of hydrogen-bond acceptors (Lipinski definition) is 7. The van der Waals surface area contributed by atoms with Crippen molar-refractivity contribution in [2.75, 3.05) is 7.11 Å². The van der Waals surface area contributed by atoms with Crippen molar-refractivity contribution in [2.24, 2.45) is 0 Å². The first-order chi connectivity index (χ1) is 16.6. The number of aromatic hydroxyl groups is 2. The largest absolute Gasteiger partial charge is 0.503 e. The predicted molar refractivity (Wildman–Crippen MR) is 125 cm³/mol. The van der Waals surface area contributed by atoms with Gasteiger partial charge in [-0.25, -0.2) is 4.98 Å². The Labute approximate surface area is 196 Å². The molecule has 0 amide bonds. The molecule has 0 spiro atoms. The Hall–Kier alpha value is -4.07. The quantitative estimate of drug-likeness (QED) is 0.380. The van der Waals surface area contributed by atoms with E-state index in [-0.39, 0.29) is 23.1 Å². The molecule has 2 N–H and O–H groups in total. The SMILES string of the molecule is COc1ccc(C(=O)c2c(O)c(O)n(-c3ccc(-c4ccon4)cc3)c2C2CCCCC2)cn1. The van der Waals surface area contributed by atoms with Gasteiger partial charge in [0.1, 0.15) is 12.0 Å². The second kappa shape index (κ2) is 9.05. The average Bonchev–Trinajstić information content (AvgIpc) is 3.52. The molecule has 1 fully saturated rings. The lowest BCUT2D eigenvalue weighted by molar-refractivity contribution is 0.103. The fraction of sp³-hybridized carbons (Fsp3) is 0.269. The molecule has 4 aromatic rings. The van der Waals surface area contributed by atoms with Crippen LogP contribution in [0.15, 0.2) is 59.4 Å². The Balaban J connectivity index is 1.63. The molecule has 0 radical (unpaired) electrons. The van der Waals surface area contributed by atoms with Crippen LogP contribution in [-0.2, 0) is 0 Å². The molecule has 1 aliphatic carbocycles. The van der Waals surface area contributed by atoms with Crippen molar-refractivity contribution in [3.63, 3.8) is 0 Å². The molecule has 3 aromatic heterocycles. The van der Waals surface area contributed by atoms with Gasteiger partial charge in [-0.15, -0.1) is 0 Å². The third-order valence-corrected chi connectivity index (χ3v) is 6.44. The van der Waals surface area contributed by atoms with E-state index < -0.39 is 5.75 Å². The maximum atomic E-state index is 13.6. The maximum Gasteiger partial charge on any atom is 0.240 e. The van der Waals surface area contributed by atoms with Gasteiger partial charge in [-0.05, 0) is 31.0 Å². The van der Waals surface area contributed by atoms with Crippen LogP contribution in [0.3, 0.4) is 0 Å². The van der Waals surface area contributed by atoms with Crippen LogP contribution >= 0.6 is 0 Å². The normalized spacial score (nSPS) is 14.3. The second-order valence-corrected chi connectivity index (χ2v) is 8.45. The zero-order valence-electron chi connectivity index (χ0n) is 18.8. The number of ketones is 1. The molecule has 0 aliphatic heterocycles. The first-order valence-electron chi connectivity index (χ1n) is 11.3. The first-order valence-corrected chi connectivity index (χ1v) is 11.3. The number of aromatic nitrogens is 3. The molecule has 5 rings (SSSR count). The van der Waals surface area contributed by atoms with Gasteiger partial charge < -0.3 is 19.5 Å². The molecular weight excluding hydrogens is 434 g/mol. The number of methoxy groups -OCH3 is 1. The van der Waals surface area contributed by atoms with Crippen LogP contribution in [0.4, 0.5) is 0 Å². The topological polar surface area (TPSA) is 111 Å². The second-order valence-electron chi connectivity index (χ2n) is 8.45. The highest BCUT2D eigenvalue weighted by atomic mass is 16.5. The Morgan fingerprint density at radius 1 is 1.06 bits per heavy atom. The van der Waals surface area contributed by atoms with Gasteiger partial charge in [-0.2, -0.15) is 0 Å². The van der Waals surface area contributed by atoms with Crippen LogP contribution in [0.2, 0.25) is 0 Å². The van der Waals surface area contributed by atoms with Gasteiger partial charge in [0.25, 0.3) is 0 Å². The van der Waals surface area contributed by atoms with Gasteiger partial charge in [-0.3, -0.25) is 9.36 Å². The Morgan fingerprint density at radius 3 is 2.44 bits per heavy atom. The summed E-state index contributed by atoms with van der Waals surface area (Å²) < 4.78 is 11.6. The number of benzene rings is 1. The first kappa shape index (κ1) is 21.8. The fourth-order valence-corrected chi connectivity index (χ4v) is 4.74. The lowest BCUT2D eigenvalue weighted by atomic mass is 9.84. The summed E-state index contributed by atoms with van der Waals surface area (Å²) in [6.07, 6.45) is 7.87. The molecular formula is C26H25N3O5. The monoisotopic (exact) mass is 459 g/mol. The Bertz CT molecular complexity index is 1290. The smallest absolute Gasteiger partial charge is 0.240 e. The molecule has 1 aromatic carbocycles. The van der Waals surface area contributed by atoms with Crippen LogP contribution in [0.1, 0.15) is 59.6 Å². The van der Waals surface area contributed by atoms with E-state index in [2.05, 4.69) is 10.1 Å². The van der Waals surface area contributed by atoms with Crippen molar-refractivity contribution in [1.82, 2.24) is 14.7 Å². The van der Waals surface area contributed by atoms with Gasteiger partial charge in [0.05, 0.1) is 12.7 Å². The van der Waals surface area contributed by atoms with Crippen LogP contribution in [0.5, 0.6) is 17.5 Å². The maximum absolute atomic E-state index is 13.6. The van der Waals surface area contributed by atoms with E-state index in [4.69, 9.17) is 9.26 Å². The molecule has 0 atom stereocenters. The lowest BCUT2D eigenvalue weighted by Crippen LogP contribution is -2.15. The average molecular weight is 460 g/mol. The van der Waals surface area contributed by atoms with Gasteiger partial charge in [0.2, 0.25) is 11.8 Å². The number of ether oxygens (including phenoxy) is 1. The van der Waals surface area contributed by atoms with E-state index in [1.54, 1.807) is 22.8 Å². The van der Waals surface area contributed by atoms with Gasteiger partial charge in [0.15, 0.2) is 11.5 Å². The fourth-order valence-electron chi connectivity index (χ4n) is 4.74. The molecule has 174 valence electrons. The highest BCUT2D eigenvalue weighted by Crippen LogP contribution is 2.46. The summed E-state index contributed by atoms with van der Waals surface area (Å²) in [5, 5.41) is 25.9. The third kappa shape index (κ3) is 3.81. The molecule has 0 unspecified atom stereocenters. The molecule has 0 bridgehead atoms. The number of pyridine rings is 1. The van der Waals surface area contributed by atoms with E-state index in [0.717, 1.165) is 37.7 Å². The van der Waals surface area contributed by atoms with Crippen LogP contribution in [0.25, 0.3) is 16.9 Å². The van der Waals surface area contributed by atoms with Crippen molar-refractivity contribution in [3.8, 4) is 34.5 Å². The van der Waals surface area contributed by atoms with Crippen molar-refractivity contribution >= 4 is 5.78 Å². The molecule has 8 nitrogen and oxygen atoms in total. The van der Waals surface area contributed by atoms with Gasteiger partial charge in [0, 0.05) is 46.8 Å². The van der Waals surface area contributed by atoms with Gasteiger partial charge in [-0.1, -0.05) is 36.6 Å². The highest BCUT2D eigenvalue weighted by Gasteiger charge is 2.33. The van der Waals surface area contributed by atoms with Crippen LogP contribution in [-0.4, -0.2) is 37.8 Å². The summed E-state index contributed by atoms with van der Waals surface area (Å²) in [4.78, 5) is 17.7. The zero-order chi connectivity index (χ0) is 23.7. The standard InChI is InChI=1S/C26H25N3O5/c1-33-21-12-9-18(15-27-21)24(30)22-23(17-5-3-2-4-6-17)29(26(32)25(22)31)19-10-7-16(8-11-19)20-13-14-34-28-20/h7-15,17,31-32H,2-6H2,1H3. The number of hydrogen-bond donors (Lipinski definition) is 2. The molecule has 1 saturated carbocycles. The number of carbonyl (C=O) groups is 1. The molecule has 1 aliphatic rings. The minimum atomic E-state index is -0.415. The van der Waals surface area contributed by atoms with E-state index >= 15 is 0 Å². The number of rotatable bonds is 6. The molecule has 8 heteroatoms.